The summed E-state index contributed by atoms with van der Waals surface area (Å²) in [7, 11) is 3.69. The quantitative estimate of drug-likeness (QED) is 0.909. The van der Waals surface area contributed by atoms with Crippen molar-refractivity contribution in [2.45, 2.75) is 12.6 Å². The molecule has 0 saturated carbocycles. The van der Waals surface area contributed by atoms with Gasteiger partial charge < -0.3 is 5.73 Å². The zero-order valence-corrected chi connectivity index (χ0v) is 11.6. The van der Waals surface area contributed by atoms with Crippen LogP contribution in [0.25, 0.3) is 0 Å². The fourth-order valence-electron chi connectivity index (χ4n) is 2.27. The molecule has 0 aliphatic heterocycles. The molecule has 1 aromatic heterocycles. The van der Waals surface area contributed by atoms with Crippen LogP contribution < -0.4 is 5.73 Å². The third-order valence-corrected chi connectivity index (χ3v) is 3.27. The fraction of sp³-hybridized carbons (Fsp3) is 0.357. The van der Waals surface area contributed by atoms with E-state index in [-0.39, 0.29) is 12.6 Å². The van der Waals surface area contributed by atoms with Gasteiger partial charge in [0.2, 0.25) is 0 Å². The van der Waals surface area contributed by atoms with Crippen molar-refractivity contribution in [2.24, 2.45) is 12.8 Å². The third-order valence-electron chi connectivity index (χ3n) is 3.27. The lowest BCUT2D eigenvalue weighted by Gasteiger charge is -2.27. The standard InChI is InChI=1S/C14H18F2N4/c1-19(8-10-7-18-20(2)9-10)14(6-17)12-4-3-11(15)5-13(12)16/h3-5,7,9,14H,6,8,17H2,1-2H3. The lowest BCUT2D eigenvalue weighted by Crippen LogP contribution is -2.30. The highest BCUT2D eigenvalue weighted by Crippen LogP contribution is 2.23. The number of rotatable bonds is 5. The van der Waals surface area contributed by atoms with Crippen molar-refractivity contribution in [1.82, 2.24) is 14.7 Å². The molecule has 0 aliphatic rings. The molecule has 1 unspecified atom stereocenters. The normalized spacial score (nSPS) is 12.9. The molecule has 2 rings (SSSR count). The van der Waals surface area contributed by atoms with E-state index in [9.17, 15) is 8.78 Å². The van der Waals surface area contributed by atoms with Crippen molar-refractivity contribution in [2.75, 3.05) is 13.6 Å². The molecule has 1 heterocycles. The van der Waals surface area contributed by atoms with Crippen molar-refractivity contribution < 1.29 is 8.78 Å². The molecule has 0 saturated heterocycles. The van der Waals surface area contributed by atoms with Gasteiger partial charge in [0.25, 0.3) is 0 Å². The van der Waals surface area contributed by atoms with Crippen molar-refractivity contribution in [3.05, 3.63) is 53.4 Å². The first-order chi connectivity index (χ1) is 9.51. The number of hydrogen-bond donors (Lipinski definition) is 1. The minimum absolute atomic E-state index is 0.249. The Morgan fingerprint density at radius 2 is 2.15 bits per heavy atom. The van der Waals surface area contributed by atoms with Gasteiger partial charge in [0.15, 0.2) is 0 Å². The van der Waals surface area contributed by atoms with E-state index < -0.39 is 11.6 Å². The first kappa shape index (κ1) is 14.6. The second-order valence-corrected chi connectivity index (χ2v) is 4.85. The second-order valence-electron chi connectivity index (χ2n) is 4.85. The number of aryl methyl sites for hydroxylation is 1. The van der Waals surface area contributed by atoms with E-state index in [1.165, 1.54) is 12.1 Å². The average molecular weight is 280 g/mol. The molecule has 0 bridgehead atoms. The first-order valence-electron chi connectivity index (χ1n) is 6.34. The summed E-state index contributed by atoms with van der Waals surface area (Å²) in [6.45, 7) is 0.839. The lowest BCUT2D eigenvalue weighted by atomic mass is 10.0. The molecule has 2 aromatic rings. The monoisotopic (exact) mass is 280 g/mol. The number of halogens is 2. The summed E-state index contributed by atoms with van der Waals surface area (Å²) in [5.41, 5.74) is 7.16. The Labute approximate surface area is 116 Å². The van der Waals surface area contributed by atoms with Crippen molar-refractivity contribution in [3.63, 3.8) is 0 Å². The van der Waals surface area contributed by atoms with Crippen LogP contribution in [0, 0.1) is 11.6 Å². The summed E-state index contributed by atoms with van der Waals surface area (Å²) in [6.07, 6.45) is 3.65. The predicted molar refractivity (Wildman–Crippen MR) is 72.8 cm³/mol. The van der Waals surface area contributed by atoms with E-state index in [2.05, 4.69) is 5.10 Å². The van der Waals surface area contributed by atoms with Crippen LogP contribution in [-0.4, -0.2) is 28.3 Å². The number of likely N-dealkylation sites (N-methyl/N-ethyl adjacent to an activating group) is 1. The molecule has 4 nitrogen and oxygen atoms in total. The van der Waals surface area contributed by atoms with Gasteiger partial charge in [-0.05, 0) is 13.1 Å². The van der Waals surface area contributed by atoms with Gasteiger partial charge in [-0.3, -0.25) is 9.58 Å². The molecule has 20 heavy (non-hydrogen) atoms. The van der Waals surface area contributed by atoms with Gasteiger partial charge in [0.1, 0.15) is 11.6 Å². The van der Waals surface area contributed by atoms with E-state index in [1.54, 1.807) is 10.9 Å². The first-order valence-corrected chi connectivity index (χ1v) is 6.34. The van der Waals surface area contributed by atoms with Crippen molar-refractivity contribution >= 4 is 0 Å². The molecule has 0 spiro atoms. The highest BCUT2D eigenvalue weighted by Gasteiger charge is 2.20. The highest BCUT2D eigenvalue weighted by atomic mass is 19.1. The minimum Gasteiger partial charge on any atom is -0.329 e. The van der Waals surface area contributed by atoms with Crippen LogP contribution in [0.15, 0.2) is 30.6 Å². The summed E-state index contributed by atoms with van der Waals surface area (Å²) in [4.78, 5) is 1.92. The fourth-order valence-corrected chi connectivity index (χ4v) is 2.27. The Kier molecular flexibility index (Phi) is 4.46. The number of aromatic nitrogens is 2. The number of nitrogens with zero attached hydrogens (tertiary/aromatic N) is 3. The number of nitrogens with two attached hydrogens (primary N) is 1. The summed E-state index contributed by atoms with van der Waals surface area (Å²) >= 11 is 0. The van der Waals surface area contributed by atoms with Crippen LogP contribution in [0.3, 0.4) is 0 Å². The van der Waals surface area contributed by atoms with Gasteiger partial charge in [-0.1, -0.05) is 6.07 Å². The van der Waals surface area contributed by atoms with Gasteiger partial charge >= 0.3 is 0 Å². The minimum atomic E-state index is -0.586. The molecule has 0 radical (unpaired) electrons. The highest BCUT2D eigenvalue weighted by molar-refractivity contribution is 5.23. The Morgan fingerprint density at radius 1 is 1.40 bits per heavy atom. The largest absolute Gasteiger partial charge is 0.329 e. The summed E-state index contributed by atoms with van der Waals surface area (Å²) in [5.74, 6) is -1.16. The van der Waals surface area contributed by atoms with E-state index in [1.807, 2.05) is 25.2 Å². The summed E-state index contributed by atoms with van der Waals surface area (Å²) < 4.78 is 28.5. The number of benzene rings is 1. The van der Waals surface area contributed by atoms with Crippen LogP contribution >= 0.6 is 0 Å². The average Bonchev–Trinajstić information content (AvgIpc) is 2.78. The molecule has 6 heteroatoms. The van der Waals surface area contributed by atoms with Gasteiger partial charge in [-0.15, -0.1) is 0 Å². The van der Waals surface area contributed by atoms with Gasteiger partial charge in [-0.2, -0.15) is 5.10 Å². The van der Waals surface area contributed by atoms with E-state index in [4.69, 9.17) is 5.73 Å². The maximum Gasteiger partial charge on any atom is 0.130 e. The van der Waals surface area contributed by atoms with Gasteiger partial charge in [0.05, 0.1) is 6.20 Å². The van der Waals surface area contributed by atoms with E-state index >= 15 is 0 Å². The predicted octanol–water partition coefficient (Wildman–Crippen LogP) is 1.83. The zero-order chi connectivity index (χ0) is 14.7. The Hall–Kier alpha value is -1.79. The van der Waals surface area contributed by atoms with Crippen LogP contribution in [0.2, 0.25) is 0 Å². The van der Waals surface area contributed by atoms with Crippen LogP contribution in [0.4, 0.5) is 8.78 Å². The summed E-state index contributed by atoms with van der Waals surface area (Å²) in [6, 6.07) is 3.27. The van der Waals surface area contributed by atoms with Crippen molar-refractivity contribution in [3.8, 4) is 0 Å². The van der Waals surface area contributed by atoms with Gasteiger partial charge in [0, 0.05) is 49.6 Å². The molecule has 2 N–H and O–H groups in total. The lowest BCUT2D eigenvalue weighted by molar-refractivity contribution is 0.236. The van der Waals surface area contributed by atoms with Crippen LogP contribution in [0.5, 0.6) is 0 Å². The molecular formula is C14H18F2N4. The van der Waals surface area contributed by atoms with E-state index in [0.717, 1.165) is 11.6 Å². The Bertz CT molecular complexity index is 582. The molecule has 1 atom stereocenters. The molecule has 0 amide bonds. The second kappa shape index (κ2) is 6.11. The maximum absolute atomic E-state index is 13.9. The maximum atomic E-state index is 13.9. The zero-order valence-electron chi connectivity index (χ0n) is 11.6. The van der Waals surface area contributed by atoms with Gasteiger partial charge in [-0.25, -0.2) is 8.78 Å². The topological polar surface area (TPSA) is 47.1 Å². The Balaban J connectivity index is 2.18. The molecular weight excluding hydrogens is 262 g/mol. The number of hydrogen-bond acceptors (Lipinski definition) is 3. The molecule has 1 aromatic carbocycles. The van der Waals surface area contributed by atoms with Crippen molar-refractivity contribution in [1.29, 1.82) is 0 Å². The smallest absolute Gasteiger partial charge is 0.130 e. The Morgan fingerprint density at radius 3 is 2.70 bits per heavy atom. The molecule has 0 aliphatic carbocycles. The van der Waals surface area contributed by atoms with Crippen LogP contribution in [-0.2, 0) is 13.6 Å². The molecule has 108 valence electrons. The summed E-state index contributed by atoms with van der Waals surface area (Å²) in [5, 5.41) is 4.09. The molecule has 0 fully saturated rings. The van der Waals surface area contributed by atoms with Crippen LogP contribution in [0.1, 0.15) is 17.2 Å². The SMILES string of the molecule is CN(Cc1cnn(C)c1)C(CN)c1ccc(F)cc1F. The third kappa shape index (κ3) is 3.20. The van der Waals surface area contributed by atoms with E-state index in [0.29, 0.717) is 12.1 Å².